The summed E-state index contributed by atoms with van der Waals surface area (Å²) in [6, 6.07) is 13.3. The van der Waals surface area contributed by atoms with E-state index < -0.39 is 6.04 Å². The molecule has 0 aliphatic heterocycles. The Labute approximate surface area is 180 Å². The molecular weight excluding hydrogens is 376 g/mol. The van der Waals surface area contributed by atoms with Crippen LogP contribution in [0.25, 0.3) is 0 Å². The van der Waals surface area contributed by atoms with E-state index >= 15 is 0 Å². The van der Waals surface area contributed by atoms with Crippen molar-refractivity contribution in [2.45, 2.75) is 66.6 Å². The van der Waals surface area contributed by atoms with E-state index in [1.165, 1.54) is 0 Å². The highest BCUT2D eigenvalue weighted by atomic mass is 16.5. The van der Waals surface area contributed by atoms with Gasteiger partial charge >= 0.3 is 0 Å². The fourth-order valence-corrected chi connectivity index (χ4v) is 3.29. The zero-order chi connectivity index (χ0) is 22.3. The minimum atomic E-state index is -0.552. The van der Waals surface area contributed by atoms with Gasteiger partial charge in [-0.1, -0.05) is 48.9 Å². The van der Waals surface area contributed by atoms with Gasteiger partial charge in [0, 0.05) is 12.6 Å². The summed E-state index contributed by atoms with van der Waals surface area (Å²) in [4.78, 5) is 27.6. The van der Waals surface area contributed by atoms with Crippen molar-refractivity contribution >= 4 is 11.8 Å². The molecule has 0 heterocycles. The van der Waals surface area contributed by atoms with Gasteiger partial charge in [-0.05, 0) is 63.8 Å². The standard InChI is InChI=1S/C25H34N2O3/c1-7-22(25(29)26-17(2)3)27(15-21-13-11-18(4)12-14-21)24(28)16-30-23-10-8-9-19(5)20(23)6/h8-14,17,22H,7,15-16H2,1-6H3,(H,26,29)/t22-/m0/s1. The van der Waals surface area contributed by atoms with Crippen LogP contribution in [0.15, 0.2) is 42.5 Å². The molecule has 1 atom stereocenters. The molecule has 0 saturated carbocycles. The van der Waals surface area contributed by atoms with Crippen LogP contribution >= 0.6 is 0 Å². The number of aryl methyl sites for hydroxylation is 2. The number of carbonyl (C=O) groups excluding carboxylic acids is 2. The van der Waals surface area contributed by atoms with Crippen molar-refractivity contribution in [2.75, 3.05) is 6.61 Å². The van der Waals surface area contributed by atoms with Crippen LogP contribution < -0.4 is 10.1 Å². The summed E-state index contributed by atoms with van der Waals surface area (Å²) in [5.74, 6) is 0.347. The Balaban J connectivity index is 2.23. The lowest BCUT2D eigenvalue weighted by molar-refractivity contribution is -0.143. The fourth-order valence-electron chi connectivity index (χ4n) is 3.29. The number of carbonyl (C=O) groups is 2. The van der Waals surface area contributed by atoms with Gasteiger partial charge in [-0.2, -0.15) is 0 Å². The Morgan fingerprint density at radius 3 is 2.30 bits per heavy atom. The lowest BCUT2D eigenvalue weighted by atomic mass is 10.1. The molecule has 0 spiro atoms. The van der Waals surface area contributed by atoms with Gasteiger partial charge in [0.05, 0.1) is 0 Å². The van der Waals surface area contributed by atoms with Crippen LogP contribution in [0, 0.1) is 20.8 Å². The van der Waals surface area contributed by atoms with Crippen LogP contribution in [0.5, 0.6) is 5.75 Å². The number of ether oxygens (including phenoxy) is 1. The molecule has 5 nitrogen and oxygen atoms in total. The third-order valence-electron chi connectivity index (χ3n) is 5.20. The smallest absolute Gasteiger partial charge is 0.261 e. The van der Waals surface area contributed by atoms with E-state index in [-0.39, 0.29) is 24.5 Å². The van der Waals surface area contributed by atoms with Crippen molar-refractivity contribution in [3.63, 3.8) is 0 Å². The Morgan fingerprint density at radius 1 is 1.03 bits per heavy atom. The van der Waals surface area contributed by atoms with Crippen molar-refractivity contribution in [3.8, 4) is 5.75 Å². The molecule has 162 valence electrons. The van der Waals surface area contributed by atoms with Crippen LogP contribution in [-0.2, 0) is 16.1 Å². The van der Waals surface area contributed by atoms with E-state index in [0.29, 0.717) is 18.7 Å². The summed E-state index contributed by atoms with van der Waals surface area (Å²) in [7, 11) is 0. The Bertz CT molecular complexity index is 859. The monoisotopic (exact) mass is 410 g/mol. The van der Waals surface area contributed by atoms with Crippen molar-refractivity contribution in [2.24, 2.45) is 0 Å². The number of hydrogen-bond acceptors (Lipinski definition) is 3. The largest absolute Gasteiger partial charge is 0.483 e. The summed E-state index contributed by atoms with van der Waals surface area (Å²) >= 11 is 0. The van der Waals surface area contributed by atoms with E-state index in [1.54, 1.807) is 4.90 Å². The first-order valence-corrected chi connectivity index (χ1v) is 10.6. The second-order valence-corrected chi connectivity index (χ2v) is 8.08. The molecule has 5 heteroatoms. The SMILES string of the molecule is CC[C@@H](C(=O)NC(C)C)N(Cc1ccc(C)cc1)C(=O)COc1cccc(C)c1C. The van der Waals surface area contributed by atoms with E-state index in [1.807, 2.05) is 84.0 Å². The minimum absolute atomic E-state index is 0.00840. The highest BCUT2D eigenvalue weighted by molar-refractivity contribution is 5.88. The molecule has 30 heavy (non-hydrogen) atoms. The zero-order valence-corrected chi connectivity index (χ0v) is 19.0. The first-order valence-electron chi connectivity index (χ1n) is 10.6. The maximum Gasteiger partial charge on any atom is 0.261 e. The molecule has 0 aromatic heterocycles. The fraction of sp³-hybridized carbons (Fsp3) is 0.440. The molecule has 2 rings (SSSR count). The van der Waals surface area contributed by atoms with Gasteiger partial charge in [0.15, 0.2) is 6.61 Å². The van der Waals surface area contributed by atoms with Crippen molar-refractivity contribution in [3.05, 3.63) is 64.7 Å². The predicted octanol–water partition coefficient (Wildman–Crippen LogP) is 4.32. The van der Waals surface area contributed by atoms with Crippen LogP contribution in [-0.4, -0.2) is 35.4 Å². The van der Waals surface area contributed by atoms with E-state index in [9.17, 15) is 9.59 Å². The Kier molecular flexibility index (Phi) is 8.46. The van der Waals surface area contributed by atoms with E-state index in [4.69, 9.17) is 4.74 Å². The Hall–Kier alpha value is -2.82. The molecule has 2 amide bonds. The third-order valence-corrected chi connectivity index (χ3v) is 5.20. The van der Waals surface area contributed by atoms with Crippen LogP contribution in [0.2, 0.25) is 0 Å². The maximum absolute atomic E-state index is 13.2. The number of rotatable bonds is 9. The summed E-state index contributed by atoms with van der Waals surface area (Å²) in [5.41, 5.74) is 4.26. The van der Waals surface area contributed by atoms with Crippen LogP contribution in [0.1, 0.15) is 49.4 Å². The normalized spacial score (nSPS) is 11.8. The Morgan fingerprint density at radius 2 is 1.70 bits per heavy atom. The molecular formula is C25H34N2O3. The lowest BCUT2D eigenvalue weighted by Gasteiger charge is -2.31. The van der Waals surface area contributed by atoms with Gasteiger partial charge in [0.2, 0.25) is 5.91 Å². The van der Waals surface area contributed by atoms with Gasteiger partial charge in [-0.3, -0.25) is 9.59 Å². The van der Waals surface area contributed by atoms with Gasteiger partial charge in [-0.15, -0.1) is 0 Å². The van der Waals surface area contributed by atoms with Crippen molar-refractivity contribution in [1.29, 1.82) is 0 Å². The third kappa shape index (κ3) is 6.34. The van der Waals surface area contributed by atoms with Gasteiger partial charge in [-0.25, -0.2) is 0 Å². The van der Waals surface area contributed by atoms with Crippen LogP contribution in [0.4, 0.5) is 0 Å². The molecule has 0 aliphatic rings. The molecule has 0 fully saturated rings. The molecule has 2 aromatic rings. The highest BCUT2D eigenvalue weighted by Gasteiger charge is 2.29. The molecule has 2 aromatic carbocycles. The second kappa shape index (κ2) is 10.8. The molecule has 0 radical (unpaired) electrons. The van der Waals surface area contributed by atoms with Crippen LogP contribution in [0.3, 0.4) is 0 Å². The van der Waals surface area contributed by atoms with Gasteiger partial charge < -0.3 is 15.0 Å². The molecule has 0 bridgehead atoms. The summed E-state index contributed by atoms with van der Waals surface area (Å²) < 4.78 is 5.85. The number of hydrogen-bond donors (Lipinski definition) is 1. The second-order valence-electron chi connectivity index (χ2n) is 8.08. The quantitative estimate of drug-likeness (QED) is 0.670. The first-order chi connectivity index (χ1) is 14.2. The minimum Gasteiger partial charge on any atom is -0.483 e. The van der Waals surface area contributed by atoms with Crippen molar-refractivity contribution < 1.29 is 14.3 Å². The number of amides is 2. The molecule has 1 N–H and O–H groups in total. The molecule has 0 saturated heterocycles. The topological polar surface area (TPSA) is 58.6 Å². The predicted molar refractivity (Wildman–Crippen MR) is 120 cm³/mol. The van der Waals surface area contributed by atoms with E-state index in [2.05, 4.69) is 5.32 Å². The summed E-state index contributed by atoms with van der Waals surface area (Å²) in [5, 5.41) is 2.94. The van der Waals surface area contributed by atoms with Gasteiger partial charge in [0.25, 0.3) is 5.91 Å². The zero-order valence-electron chi connectivity index (χ0n) is 19.0. The summed E-state index contributed by atoms with van der Waals surface area (Å²) in [6.07, 6.45) is 0.527. The number of nitrogens with zero attached hydrogens (tertiary/aromatic N) is 1. The number of nitrogens with one attached hydrogen (secondary N) is 1. The average Bonchev–Trinajstić information content (AvgIpc) is 2.69. The maximum atomic E-state index is 13.2. The van der Waals surface area contributed by atoms with Gasteiger partial charge in [0.1, 0.15) is 11.8 Å². The van der Waals surface area contributed by atoms with Crippen molar-refractivity contribution in [1.82, 2.24) is 10.2 Å². The molecule has 0 unspecified atom stereocenters. The molecule has 0 aliphatic carbocycles. The highest BCUT2D eigenvalue weighted by Crippen LogP contribution is 2.21. The number of benzene rings is 2. The first kappa shape index (κ1) is 23.5. The average molecular weight is 411 g/mol. The van der Waals surface area contributed by atoms with E-state index in [0.717, 1.165) is 22.3 Å². The lowest BCUT2D eigenvalue weighted by Crippen LogP contribution is -2.51. The summed E-state index contributed by atoms with van der Waals surface area (Å²) in [6.45, 7) is 12.0.